The molecule has 0 bridgehead atoms. The number of unbranched alkanes of at least 4 members (excludes halogenated alkanes) is 1. The van der Waals surface area contributed by atoms with Crippen LogP contribution in [0.25, 0.3) is 10.9 Å². The van der Waals surface area contributed by atoms with Crippen molar-refractivity contribution in [2.75, 3.05) is 0 Å². The maximum absolute atomic E-state index is 12.9. The second-order valence-electron chi connectivity index (χ2n) is 6.73. The molecule has 0 unspecified atom stereocenters. The maximum atomic E-state index is 12.9. The van der Waals surface area contributed by atoms with Crippen LogP contribution >= 0.6 is 0 Å². The molecule has 0 spiro atoms. The highest BCUT2D eigenvalue weighted by Crippen LogP contribution is 2.22. The molecule has 1 aromatic heterocycles. The molecule has 3 N–H and O–H groups in total. The van der Waals surface area contributed by atoms with Crippen molar-refractivity contribution in [2.24, 2.45) is 5.73 Å². The lowest BCUT2D eigenvalue weighted by Crippen LogP contribution is -2.45. The molecule has 1 heterocycles. The number of carbonyl (C=O) groups is 2. The van der Waals surface area contributed by atoms with Crippen molar-refractivity contribution < 1.29 is 9.59 Å². The number of rotatable bonds is 8. The zero-order valence-corrected chi connectivity index (χ0v) is 15.5. The fourth-order valence-corrected chi connectivity index (χ4v) is 3.25. The topological polar surface area (TPSA) is 77.1 Å². The number of primary amides is 1. The number of amides is 2. The van der Waals surface area contributed by atoms with E-state index in [2.05, 4.69) is 16.8 Å². The third kappa shape index (κ3) is 4.37. The predicted octanol–water partition coefficient (Wildman–Crippen LogP) is 3.27. The van der Waals surface area contributed by atoms with Crippen LogP contribution in [0.1, 0.15) is 35.7 Å². The number of hydrogen-bond donors (Lipinski definition) is 2. The Hall–Kier alpha value is -3.08. The summed E-state index contributed by atoms with van der Waals surface area (Å²) in [5.41, 5.74) is 8.08. The molecule has 0 saturated carbocycles. The molecule has 0 fully saturated rings. The van der Waals surface area contributed by atoms with E-state index >= 15 is 0 Å². The molecule has 3 aromatic rings. The largest absolute Gasteiger partial charge is 0.368 e. The van der Waals surface area contributed by atoms with Crippen molar-refractivity contribution in [1.29, 1.82) is 0 Å². The second-order valence-corrected chi connectivity index (χ2v) is 6.73. The molecule has 0 radical (unpaired) electrons. The summed E-state index contributed by atoms with van der Waals surface area (Å²) < 4.78 is 2.10. The molecule has 5 heteroatoms. The third-order valence-electron chi connectivity index (χ3n) is 4.72. The number of para-hydroxylation sites is 1. The van der Waals surface area contributed by atoms with Gasteiger partial charge >= 0.3 is 0 Å². The molecule has 140 valence electrons. The van der Waals surface area contributed by atoms with Gasteiger partial charge in [-0.3, -0.25) is 9.59 Å². The Morgan fingerprint density at radius 1 is 1.07 bits per heavy atom. The minimum atomic E-state index is -0.752. The van der Waals surface area contributed by atoms with Crippen LogP contribution in [0.15, 0.2) is 60.8 Å². The number of aryl methyl sites for hydroxylation is 1. The van der Waals surface area contributed by atoms with Gasteiger partial charge in [0, 0.05) is 30.1 Å². The first-order valence-electron chi connectivity index (χ1n) is 9.32. The molecule has 2 amide bonds. The molecule has 27 heavy (non-hydrogen) atoms. The smallest absolute Gasteiger partial charge is 0.254 e. The van der Waals surface area contributed by atoms with Crippen LogP contribution in [-0.2, 0) is 17.8 Å². The normalized spacial score (nSPS) is 12.0. The summed E-state index contributed by atoms with van der Waals surface area (Å²) in [5.74, 6) is -0.817. The van der Waals surface area contributed by atoms with Gasteiger partial charge in [-0.1, -0.05) is 61.9 Å². The van der Waals surface area contributed by atoms with Gasteiger partial charge in [-0.2, -0.15) is 0 Å². The Morgan fingerprint density at radius 3 is 2.48 bits per heavy atom. The zero-order chi connectivity index (χ0) is 19.2. The van der Waals surface area contributed by atoms with Crippen LogP contribution in [0.3, 0.4) is 0 Å². The van der Waals surface area contributed by atoms with Crippen molar-refractivity contribution in [1.82, 2.24) is 9.88 Å². The van der Waals surface area contributed by atoms with E-state index in [9.17, 15) is 9.59 Å². The van der Waals surface area contributed by atoms with Crippen LogP contribution in [0.2, 0.25) is 0 Å². The van der Waals surface area contributed by atoms with Gasteiger partial charge in [0.25, 0.3) is 5.91 Å². The van der Waals surface area contributed by atoms with E-state index in [-0.39, 0.29) is 5.91 Å². The van der Waals surface area contributed by atoms with E-state index in [0.29, 0.717) is 12.0 Å². The Balaban J connectivity index is 1.85. The number of benzene rings is 2. The van der Waals surface area contributed by atoms with Gasteiger partial charge in [0.05, 0.1) is 5.56 Å². The van der Waals surface area contributed by atoms with Crippen molar-refractivity contribution in [3.8, 4) is 0 Å². The fraction of sp³-hybridized carbons (Fsp3) is 0.273. The van der Waals surface area contributed by atoms with Crippen LogP contribution in [0.5, 0.6) is 0 Å². The van der Waals surface area contributed by atoms with E-state index in [0.717, 1.165) is 35.9 Å². The summed E-state index contributed by atoms with van der Waals surface area (Å²) >= 11 is 0. The van der Waals surface area contributed by atoms with E-state index < -0.39 is 11.9 Å². The zero-order valence-electron chi connectivity index (χ0n) is 15.5. The van der Waals surface area contributed by atoms with E-state index in [4.69, 9.17) is 5.73 Å². The number of carbonyl (C=O) groups excluding carboxylic acids is 2. The van der Waals surface area contributed by atoms with E-state index in [1.807, 2.05) is 60.8 Å². The molecule has 0 aliphatic carbocycles. The highest BCUT2D eigenvalue weighted by molar-refractivity contribution is 6.08. The van der Waals surface area contributed by atoms with Gasteiger partial charge < -0.3 is 15.6 Å². The Kier molecular flexibility index (Phi) is 5.91. The van der Waals surface area contributed by atoms with Crippen molar-refractivity contribution >= 4 is 22.7 Å². The standard InChI is InChI=1S/C22H25N3O2/c1-2-3-13-25-15-18(17-11-7-8-12-20(17)25)22(27)24-19(21(23)26)14-16-9-5-4-6-10-16/h4-12,15,19H,2-3,13-14H2,1H3,(H2,23,26)(H,24,27)/t19-/m0/s1. The summed E-state index contributed by atoms with van der Waals surface area (Å²) in [4.78, 5) is 24.8. The molecule has 0 aliphatic heterocycles. The molecule has 2 aromatic carbocycles. The number of nitrogens with one attached hydrogen (secondary N) is 1. The first-order valence-corrected chi connectivity index (χ1v) is 9.32. The van der Waals surface area contributed by atoms with Gasteiger partial charge in [0.15, 0.2) is 0 Å². The lowest BCUT2D eigenvalue weighted by molar-refractivity contribution is -0.119. The van der Waals surface area contributed by atoms with Crippen LogP contribution in [0, 0.1) is 0 Å². The Bertz CT molecular complexity index is 931. The van der Waals surface area contributed by atoms with Crippen molar-refractivity contribution in [2.45, 2.75) is 38.8 Å². The number of nitrogens with zero attached hydrogens (tertiary/aromatic N) is 1. The summed E-state index contributed by atoms with van der Waals surface area (Å²) in [7, 11) is 0. The van der Waals surface area contributed by atoms with Crippen LogP contribution in [0.4, 0.5) is 0 Å². The summed E-state index contributed by atoms with van der Waals surface area (Å²) in [6.07, 6.45) is 4.36. The first-order chi connectivity index (χ1) is 13.1. The highest BCUT2D eigenvalue weighted by Gasteiger charge is 2.22. The number of fused-ring (bicyclic) bond motifs is 1. The van der Waals surface area contributed by atoms with Gasteiger partial charge in [-0.25, -0.2) is 0 Å². The summed E-state index contributed by atoms with van der Waals surface area (Å²) in [5, 5.41) is 3.70. The third-order valence-corrected chi connectivity index (χ3v) is 4.72. The van der Waals surface area contributed by atoms with Crippen LogP contribution < -0.4 is 11.1 Å². The van der Waals surface area contributed by atoms with Gasteiger partial charge in [-0.15, -0.1) is 0 Å². The lowest BCUT2D eigenvalue weighted by atomic mass is 10.0. The minimum Gasteiger partial charge on any atom is -0.368 e. The quantitative estimate of drug-likeness (QED) is 0.644. The Morgan fingerprint density at radius 2 is 1.78 bits per heavy atom. The molecule has 3 rings (SSSR count). The monoisotopic (exact) mass is 363 g/mol. The number of hydrogen-bond acceptors (Lipinski definition) is 2. The van der Waals surface area contributed by atoms with E-state index in [1.54, 1.807) is 0 Å². The maximum Gasteiger partial charge on any atom is 0.254 e. The molecular formula is C22H25N3O2. The summed E-state index contributed by atoms with van der Waals surface area (Å²) in [6.45, 7) is 2.99. The number of aromatic nitrogens is 1. The fourth-order valence-electron chi connectivity index (χ4n) is 3.25. The predicted molar refractivity (Wildman–Crippen MR) is 107 cm³/mol. The lowest BCUT2D eigenvalue weighted by Gasteiger charge is -2.15. The SMILES string of the molecule is CCCCn1cc(C(=O)N[C@@H](Cc2ccccc2)C(N)=O)c2ccccc21. The minimum absolute atomic E-state index is 0.277. The van der Waals surface area contributed by atoms with E-state index in [1.165, 1.54) is 0 Å². The highest BCUT2D eigenvalue weighted by atomic mass is 16.2. The molecule has 1 atom stereocenters. The molecule has 0 saturated heterocycles. The summed E-state index contributed by atoms with van der Waals surface area (Å²) in [6, 6.07) is 16.6. The average molecular weight is 363 g/mol. The second kappa shape index (κ2) is 8.54. The molecule has 0 aliphatic rings. The van der Waals surface area contributed by atoms with Crippen molar-refractivity contribution in [3.05, 3.63) is 71.9 Å². The van der Waals surface area contributed by atoms with Gasteiger partial charge in [0.2, 0.25) is 5.91 Å². The Labute approximate surface area is 159 Å². The molecular weight excluding hydrogens is 338 g/mol. The van der Waals surface area contributed by atoms with Crippen LogP contribution in [-0.4, -0.2) is 22.4 Å². The van der Waals surface area contributed by atoms with Gasteiger partial charge in [0.1, 0.15) is 6.04 Å². The molecule has 5 nitrogen and oxygen atoms in total. The van der Waals surface area contributed by atoms with Crippen molar-refractivity contribution in [3.63, 3.8) is 0 Å². The first kappa shape index (κ1) is 18.7. The average Bonchev–Trinajstić information content (AvgIpc) is 3.05. The van der Waals surface area contributed by atoms with Gasteiger partial charge in [-0.05, 0) is 18.1 Å². The number of nitrogens with two attached hydrogens (primary N) is 1.